The Balaban J connectivity index is 0.000001000. The van der Waals surface area contributed by atoms with E-state index in [1.807, 2.05) is 17.6 Å². The number of hydrogen-bond acceptors (Lipinski definition) is 2. The minimum Gasteiger partial charge on any atom is -0.365 e. The third kappa shape index (κ3) is 3.06. The number of rotatable bonds is 2. The molecule has 0 aliphatic carbocycles. The predicted molar refractivity (Wildman–Crippen MR) is 44.1 cm³/mol. The number of halogens is 1. The highest BCUT2D eigenvalue weighted by Gasteiger charge is 1.99. The number of amides is 1. The fourth-order valence-corrected chi connectivity index (χ4v) is 0.701. The molecule has 11 heavy (non-hydrogen) atoms. The SMILES string of the molecule is Cl.NNC(=O)Cc1ccc[nH]1. The van der Waals surface area contributed by atoms with E-state index in [9.17, 15) is 4.79 Å². The molecule has 0 atom stereocenters. The van der Waals surface area contributed by atoms with E-state index in [0.717, 1.165) is 5.69 Å². The van der Waals surface area contributed by atoms with E-state index in [0.29, 0.717) is 6.42 Å². The third-order valence-electron chi connectivity index (χ3n) is 1.17. The second-order valence-electron chi connectivity index (χ2n) is 1.94. The van der Waals surface area contributed by atoms with Gasteiger partial charge in [0.2, 0.25) is 5.91 Å². The number of aromatic nitrogens is 1. The average Bonchev–Trinajstić information content (AvgIpc) is 2.40. The van der Waals surface area contributed by atoms with Gasteiger partial charge in [0.05, 0.1) is 6.42 Å². The summed E-state index contributed by atoms with van der Waals surface area (Å²) >= 11 is 0. The van der Waals surface area contributed by atoms with Crippen molar-refractivity contribution in [3.63, 3.8) is 0 Å². The van der Waals surface area contributed by atoms with Gasteiger partial charge < -0.3 is 4.98 Å². The van der Waals surface area contributed by atoms with E-state index < -0.39 is 0 Å². The Morgan fingerprint density at radius 1 is 1.73 bits per heavy atom. The van der Waals surface area contributed by atoms with Crippen LogP contribution in [0.25, 0.3) is 0 Å². The first-order valence-corrected chi connectivity index (χ1v) is 2.94. The second-order valence-corrected chi connectivity index (χ2v) is 1.94. The first kappa shape index (κ1) is 10.0. The fourth-order valence-electron chi connectivity index (χ4n) is 0.701. The van der Waals surface area contributed by atoms with Crippen LogP contribution in [-0.2, 0) is 11.2 Å². The number of H-pyrrole nitrogens is 1. The molecule has 0 aromatic carbocycles. The molecule has 4 N–H and O–H groups in total. The number of hydrogen-bond donors (Lipinski definition) is 3. The summed E-state index contributed by atoms with van der Waals surface area (Å²) in [5.74, 6) is 4.68. The molecule has 0 unspecified atom stereocenters. The van der Waals surface area contributed by atoms with E-state index in [4.69, 9.17) is 5.84 Å². The Morgan fingerprint density at radius 2 is 2.45 bits per heavy atom. The number of carbonyl (C=O) groups is 1. The van der Waals surface area contributed by atoms with E-state index in [1.165, 1.54) is 0 Å². The van der Waals surface area contributed by atoms with Crippen molar-refractivity contribution in [3.05, 3.63) is 24.0 Å². The summed E-state index contributed by atoms with van der Waals surface area (Å²) in [6, 6.07) is 3.66. The molecule has 1 aromatic rings. The molecule has 1 amide bonds. The van der Waals surface area contributed by atoms with Gasteiger partial charge in [-0.2, -0.15) is 0 Å². The van der Waals surface area contributed by atoms with Crippen LogP contribution in [0.4, 0.5) is 0 Å². The molecule has 0 aliphatic heterocycles. The maximum atomic E-state index is 10.6. The van der Waals surface area contributed by atoms with Crippen molar-refractivity contribution in [1.82, 2.24) is 10.4 Å². The molecular formula is C6H10ClN3O. The average molecular weight is 176 g/mol. The normalized spacial score (nSPS) is 8.45. The lowest BCUT2D eigenvalue weighted by molar-refractivity contribution is -0.120. The van der Waals surface area contributed by atoms with Crippen LogP contribution in [0.3, 0.4) is 0 Å². The Hall–Kier alpha value is -1.00. The standard InChI is InChI=1S/C6H9N3O.ClH/c7-9-6(10)4-5-2-1-3-8-5;/h1-3,8H,4,7H2,(H,9,10);1H. The second kappa shape index (κ2) is 4.76. The maximum absolute atomic E-state index is 10.6. The highest BCUT2D eigenvalue weighted by atomic mass is 35.5. The van der Waals surface area contributed by atoms with E-state index in [1.54, 1.807) is 6.20 Å². The monoisotopic (exact) mass is 175 g/mol. The van der Waals surface area contributed by atoms with E-state index in [2.05, 4.69) is 4.98 Å². The Bertz CT molecular complexity index is 210. The van der Waals surface area contributed by atoms with Crippen LogP contribution in [-0.4, -0.2) is 10.9 Å². The third-order valence-corrected chi connectivity index (χ3v) is 1.17. The fraction of sp³-hybridized carbons (Fsp3) is 0.167. The van der Waals surface area contributed by atoms with Gasteiger partial charge in [-0.1, -0.05) is 0 Å². The van der Waals surface area contributed by atoms with Crippen LogP contribution in [0.2, 0.25) is 0 Å². The largest absolute Gasteiger partial charge is 0.365 e. The Morgan fingerprint density at radius 3 is 2.91 bits per heavy atom. The number of nitrogens with one attached hydrogen (secondary N) is 2. The van der Waals surface area contributed by atoms with Crippen LogP contribution in [0.15, 0.2) is 18.3 Å². The lowest BCUT2D eigenvalue weighted by Crippen LogP contribution is -2.31. The quantitative estimate of drug-likeness (QED) is 0.336. The smallest absolute Gasteiger partial charge is 0.239 e. The molecule has 5 heteroatoms. The lowest BCUT2D eigenvalue weighted by atomic mass is 10.3. The van der Waals surface area contributed by atoms with Crippen molar-refractivity contribution < 1.29 is 4.79 Å². The summed E-state index contributed by atoms with van der Waals surface area (Å²) in [5.41, 5.74) is 2.91. The van der Waals surface area contributed by atoms with Crippen molar-refractivity contribution in [2.75, 3.05) is 0 Å². The van der Waals surface area contributed by atoms with Crippen molar-refractivity contribution in [3.8, 4) is 0 Å². The zero-order chi connectivity index (χ0) is 7.40. The Kier molecular flexibility index (Phi) is 4.33. The molecule has 0 fully saturated rings. The molecule has 0 spiro atoms. The highest BCUT2D eigenvalue weighted by molar-refractivity contribution is 5.85. The van der Waals surface area contributed by atoms with Gasteiger partial charge in [0.25, 0.3) is 0 Å². The zero-order valence-corrected chi connectivity index (χ0v) is 6.65. The molecular weight excluding hydrogens is 166 g/mol. The summed E-state index contributed by atoms with van der Waals surface area (Å²) in [5, 5.41) is 0. The van der Waals surface area contributed by atoms with Crippen LogP contribution in [0.1, 0.15) is 5.69 Å². The molecule has 4 nitrogen and oxygen atoms in total. The van der Waals surface area contributed by atoms with Gasteiger partial charge in [0.15, 0.2) is 0 Å². The minimum absolute atomic E-state index is 0. The van der Waals surface area contributed by atoms with E-state index >= 15 is 0 Å². The number of hydrazine groups is 1. The van der Waals surface area contributed by atoms with Gasteiger partial charge in [0, 0.05) is 11.9 Å². The van der Waals surface area contributed by atoms with Gasteiger partial charge in [-0.15, -0.1) is 12.4 Å². The zero-order valence-electron chi connectivity index (χ0n) is 5.83. The summed E-state index contributed by atoms with van der Waals surface area (Å²) in [6.07, 6.45) is 2.07. The topological polar surface area (TPSA) is 70.9 Å². The Labute approximate surface area is 70.5 Å². The van der Waals surface area contributed by atoms with Gasteiger partial charge in [-0.3, -0.25) is 10.2 Å². The van der Waals surface area contributed by atoms with Crippen molar-refractivity contribution in [2.24, 2.45) is 5.84 Å². The van der Waals surface area contributed by atoms with Crippen molar-refractivity contribution in [2.45, 2.75) is 6.42 Å². The predicted octanol–water partition coefficient (Wildman–Crippen LogP) is -0.0311. The molecule has 1 heterocycles. The van der Waals surface area contributed by atoms with Gasteiger partial charge in [-0.25, -0.2) is 5.84 Å². The minimum atomic E-state index is -0.192. The molecule has 0 bridgehead atoms. The molecule has 1 rings (SSSR count). The molecule has 0 saturated heterocycles. The van der Waals surface area contributed by atoms with Crippen molar-refractivity contribution in [1.29, 1.82) is 0 Å². The summed E-state index contributed by atoms with van der Waals surface area (Å²) in [4.78, 5) is 13.5. The summed E-state index contributed by atoms with van der Waals surface area (Å²) in [6.45, 7) is 0. The van der Waals surface area contributed by atoms with Crippen LogP contribution >= 0.6 is 12.4 Å². The molecule has 62 valence electrons. The van der Waals surface area contributed by atoms with Crippen LogP contribution in [0, 0.1) is 0 Å². The van der Waals surface area contributed by atoms with Crippen molar-refractivity contribution >= 4 is 18.3 Å². The maximum Gasteiger partial charge on any atom is 0.239 e. The van der Waals surface area contributed by atoms with Crippen LogP contribution in [0.5, 0.6) is 0 Å². The molecule has 0 radical (unpaired) electrons. The summed E-state index contributed by atoms with van der Waals surface area (Å²) < 4.78 is 0. The van der Waals surface area contributed by atoms with Gasteiger partial charge in [0.1, 0.15) is 0 Å². The number of nitrogens with two attached hydrogens (primary N) is 1. The van der Waals surface area contributed by atoms with Gasteiger partial charge >= 0.3 is 0 Å². The number of aromatic amines is 1. The lowest BCUT2D eigenvalue weighted by Gasteiger charge is -1.94. The van der Waals surface area contributed by atoms with Gasteiger partial charge in [-0.05, 0) is 12.1 Å². The van der Waals surface area contributed by atoms with E-state index in [-0.39, 0.29) is 18.3 Å². The molecule has 0 saturated carbocycles. The molecule has 1 aromatic heterocycles. The number of carbonyl (C=O) groups excluding carboxylic acids is 1. The van der Waals surface area contributed by atoms with Crippen LogP contribution < -0.4 is 11.3 Å². The highest BCUT2D eigenvalue weighted by Crippen LogP contribution is 1.93. The first-order valence-electron chi connectivity index (χ1n) is 2.94. The first-order chi connectivity index (χ1) is 4.83. The summed E-state index contributed by atoms with van der Waals surface area (Å²) in [7, 11) is 0. The molecule has 0 aliphatic rings.